The van der Waals surface area contributed by atoms with Crippen LogP contribution < -0.4 is 16.0 Å². The lowest BCUT2D eigenvalue weighted by Crippen LogP contribution is -2.43. The van der Waals surface area contributed by atoms with Gasteiger partial charge in [-0.3, -0.25) is 9.78 Å². The van der Waals surface area contributed by atoms with E-state index in [4.69, 9.17) is 5.73 Å². The number of nitrogens with zero attached hydrogens (tertiary/aromatic N) is 2. The highest BCUT2D eigenvalue weighted by molar-refractivity contribution is 5.93. The molecule has 2 aliphatic rings. The first-order valence-corrected chi connectivity index (χ1v) is 5.49. The van der Waals surface area contributed by atoms with Crippen molar-refractivity contribution in [2.45, 2.75) is 18.5 Å². The summed E-state index contributed by atoms with van der Waals surface area (Å²) < 4.78 is 0. The number of anilines is 1. The molecule has 2 bridgehead atoms. The van der Waals surface area contributed by atoms with Crippen LogP contribution in [-0.4, -0.2) is 36.1 Å². The molecule has 1 aromatic heterocycles. The molecule has 2 atom stereocenters. The summed E-state index contributed by atoms with van der Waals surface area (Å²) in [7, 11) is 0. The van der Waals surface area contributed by atoms with Gasteiger partial charge in [0.15, 0.2) is 0 Å². The fourth-order valence-electron chi connectivity index (χ4n) is 2.60. The Bertz CT molecular complexity index is 434. The minimum Gasteiger partial charge on any atom is -0.366 e. The Hall–Kier alpha value is -1.62. The molecular weight excluding hydrogens is 204 g/mol. The van der Waals surface area contributed by atoms with Crippen molar-refractivity contribution in [2.24, 2.45) is 5.73 Å². The Morgan fingerprint density at radius 3 is 3.06 bits per heavy atom. The van der Waals surface area contributed by atoms with Crippen molar-refractivity contribution in [1.29, 1.82) is 0 Å². The van der Waals surface area contributed by atoms with E-state index in [0.29, 0.717) is 17.6 Å². The maximum atomic E-state index is 11.1. The molecule has 3 rings (SSSR count). The fourth-order valence-corrected chi connectivity index (χ4v) is 2.60. The van der Waals surface area contributed by atoms with E-state index in [1.165, 1.54) is 12.6 Å². The molecule has 2 fully saturated rings. The van der Waals surface area contributed by atoms with Gasteiger partial charge in [0.2, 0.25) is 5.91 Å². The number of rotatable bonds is 2. The minimum atomic E-state index is -0.420. The van der Waals surface area contributed by atoms with Crippen LogP contribution in [0, 0.1) is 0 Å². The molecule has 1 aromatic rings. The standard InChI is InChI=1S/C11H14N4O/c12-11(16)7-1-9(4-13-3-7)15-6-8-2-10(15)5-14-8/h1,3-4,8,10,14H,2,5-6H2,(H2,12,16)/t8-,10?/m0/s1. The molecule has 3 N–H and O–H groups in total. The monoisotopic (exact) mass is 218 g/mol. The first-order chi connectivity index (χ1) is 7.74. The first kappa shape index (κ1) is 9.59. The Morgan fingerprint density at radius 1 is 1.56 bits per heavy atom. The lowest BCUT2D eigenvalue weighted by Gasteiger charge is -2.29. The molecular formula is C11H14N4O. The Balaban J connectivity index is 1.89. The summed E-state index contributed by atoms with van der Waals surface area (Å²) in [5.74, 6) is -0.420. The van der Waals surface area contributed by atoms with Crippen LogP contribution in [-0.2, 0) is 0 Å². The number of nitrogens with two attached hydrogens (primary N) is 1. The maximum Gasteiger partial charge on any atom is 0.250 e. The zero-order valence-electron chi connectivity index (χ0n) is 8.89. The van der Waals surface area contributed by atoms with Gasteiger partial charge < -0.3 is 16.0 Å². The minimum absolute atomic E-state index is 0.420. The van der Waals surface area contributed by atoms with Crippen LogP contribution in [0.25, 0.3) is 0 Å². The Labute approximate surface area is 93.6 Å². The molecule has 0 radical (unpaired) electrons. The molecule has 0 aromatic carbocycles. The smallest absolute Gasteiger partial charge is 0.250 e. The second kappa shape index (κ2) is 3.45. The van der Waals surface area contributed by atoms with Crippen LogP contribution in [0.4, 0.5) is 5.69 Å². The quantitative estimate of drug-likeness (QED) is 0.717. The van der Waals surface area contributed by atoms with Gasteiger partial charge in [-0.15, -0.1) is 0 Å². The number of nitrogens with one attached hydrogen (secondary N) is 1. The average molecular weight is 218 g/mol. The summed E-state index contributed by atoms with van der Waals surface area (Å²) in [6.45, 7) is 2.01. The lowest BCUT2D eigenvalue weighted by molar-refractivity contribution is 0.1000. The number of carbonyl (C=O) groups is 1. The molecule has 3 heterocycles. The molecule has 0 spiro atoms. The van der Waals surface area contributed by atoms with E-state index in [-0.39, 0.29) is 0 Å². The zero-order valence-corrected chi connectivity index (χ0v) is 8.89. The molecule has 2 aliphatic heterocycles. The van der Waals surface area contributed by atoms with E-state index in [2.05, 4.69) is 15.2 Å². The van der Waals surface area contributed by atoms with Gasteiger partial charge in [-0.25, -0.2) is 0 Å². The second-order valence-electron chi connectivity index (χ2n) is 4.44. The molecule has 84 valence electrons. The van der Waals surface area contributed by atoms with Gasteiger partial charge in [-0.05, 0) is 12.5 Å². The predicted molar refractivity (Wildman–Crippen MR) is 60.3 cm³/mol. The van der Waals surface area contributed by atoms with Crippen LogP contribution in [0.5, 0.6) is 0 Å². The number of piperazine rings is 1. The molecule has 1 unspecified atom stereocenters. The lowest BCUT2D eigenvalue weighted by atomic mass is 10.2. The van der Waals surface area contributed by atoms with Crippen molar-refractivity contribution < 1.29 is 4.79 Å². The van der Waals surface area contributed by atoms with E-state index < -0.39 is 5.91 Å². The third-order valence-corrected chi connectivity index (χ3v) is 3.40. The van der Waals surface area contributed by atoms with Crippen LogP contribution in [0.2, 0.25) is 0 Å². The molecule has 0 aliphatic carbocycles. The van der Waals surface area contributed by atoms with Crippen molar-refractivity contribution in [1.82, 2.24) is 10.3 Å². The number of fused-ring (bicyclic) bond motifs is 2. The third-order valence-electron chi connectivity index (χ3n) is 3.40. The normalized spacial score (nSPS) is 27.4. The highest BCUT2D eigenvalue weighted by Crippen LogP contribution is 2.29. The number of aromatic nitrogens is 1. The van der Waals surface area contributed by atoms with Crippen molar-refractivity contribution in [3.8, 4) is 0 Å². The SMILES string of the molecule is NC(=O)c1cncc(N2C[C@@H]3CC2CN3)c1. The summed E-state index contributed by atoms with van der Waals surface area (Å²) >= 11 is 0. The number of amides is 1. The van der Waals surface area contributed by atoms with E-state index in [1.807, 2.05) is 6.07 Å². The topological polar surface area (TPSA) is 71.2 Å². The van der Waals surface area contributed by atoms with Gasteiger partial charge in [0.1, 0.15) is 0 Å². The largest absolute Gasteiger partial charge is 0.366 e. The van der Waals surface area contributed by atoms with E-state index in [0.717, 1.165) is 18.8 Å². The van der Waals surface area contributed by atoms with Crippen molar-refractivity contribution in [3.63, 3.8) is 0 Å². The van der Waals surface area contributed by atoms with Crippen LogP contribution in [0.15, 0.2) is 18.5 Å². The average Bonchev–Trinajstić information content (AvgIpc) is 2.91. The van der Waals surface area contributed by atoms with E-state index in [9.17, 15) is 4.79 Å². The number of primary amides is 1. The highest BCUT2D eigenvalue weighted by Gasteiger charge is 2.37. The zero-order chi connectivity index (χ0) is 11.1. The fraction of sp³-hybridized carbons (Fsp3) is 0.455. The van der Waals surface area contributed by atoms with Gasteiger partial charge in [0.25, 0.3) is 0 Å². The van der Waals surface area contributed by atoms with E-state index in [1.54, 1.807) is 6.20 Å². The highest BCUT2D eigenvalue weighted by atomic mass is 16.1. The maximum absolute atomic E-state index is 11.1. The van der Waals surface area contributed by atoms with Gasteiger partial charge in [-0.2, -0.15) is 0 Å². The van der Waals surface area contributed by atoms with Gasteiger partial charge >= 0.3 is 0 Å². The van der Waals surface area contributed by atoms with Crippen LogP contribution >= 0.6 is 0 Å². The van der Waals surface area contributed by atoms with Gasteiger partial charge in [0, 0.05) is 31.4 Å². The summed E-state index contributed by atoms with van der Waals surface area (Å²) in [4.78, 5) is 17.5. The van der Waals surface area contributed by atoms with E-state index >= 15 is 0 Å². The number of hydrogen-bond acceptors (Lipinski definition) is 4. The Kier molecular flexibility index (Phi) is 2.07. The number of hydrogen-bond donors (Lipinski definition) is 2. The third kappa shape index (κ3) is 1.44. The molecule has 1 amide bonds. The van der Waals surface area contributed by atoms with Crippen molar-refractivity contribution in [2.75, 3.05) is 18.0 Å². The summed E-state index contributed by atoms with van der Waals surface area (Å²) in [6.07, 6.45) is 4.49. The number of carbonyl (C=O) groups excluding carboxylic acids is 1. The summed E-state index contributed by atoms with van der Waals surface area (Å²) in [5, 5.41) is 3.44. The Morgan fingerprint density at radius 2 is 2.44 bits per heavy atom. The van der Waals surface area contributed by atoms with Gasteiger partial charge in [0.05, 0.1) is 17.4 Å². The van der Waals surface area contributed by atoms with Crippen LogP contribution in [0.3, 0.4) is 0 Å². The molecule has 0 saturated carbocycles. The van der Waals surface area contributed by atoms with Gasteiger partial charge in [-0.1, -0.05) is 0 Å². The molecule has 5 heteroatoms. The summed E-state index contributed by atoms with van der Waals surface area (Å²) in [6, 6.07) is 2.95. The van der Waals surface area contributed by atoms with Crippen molar-refractivity contribution in [3.05, 3.63) is 24.0 Å². The predicted octanol–water partition coefficient (Wildman–Crippen LogP) is -0.269. The molecule has 5 nitrogen and oxygen atoms in total. The molecule has 2 saturated heterocycles. The van der Waals surface area contributed by atoms with Crippen molar-refractivity contribution >= 4 is 11.6 Å². The van der Waals surface area contributed by atoms with Crippen LogP contribution in [0.1, 0.15) is 16.8 Å². The first-order valence-electron chi connectivity index (χ1n) is 5.49. The molecule has 16 heavy (non-hydrogen) atoms. The number of pyridine rings is 1. The second-order valence-corrected chi connectivity index (χ2v) is 4.44. The summed E-state index contributed by atoms with van der Waals surface area (Å²) in [5.41, 5.74) is 6.73.